The summed E-state index contributed by atoms with van der Waals surface area (Å²) in [6.45, 7) is 6.73. The Morgan fingerprint density at radius 3 is 2.47 bits per heavy atom. The lowest BCUT2D eigenvalue weighted by Crippen LogP contribution is -2.28. The topological polar surface area (TPSA) is 38.0 Å². The Morgan fingerprint density at radius 2 is 1.88 bits per heavy atom. The van der Waals surface area contributed by atoms with Gasteiger partial charge in [-0.3, -0.25) is 11.3 Å². The lowest BCUT2D eigenvalue weighted by atomic mass is 9.94. The fraction of sp³-hybridized carbons (Fsp3) is 0.600. The lowest BCUT2D eigenvalue weighted by Gasteiger charge is -2.19. The number of hydrazine groups is 1. The van der Waals surface area contributed by atoms with Crippen LogP contribution in [0, 0.1) is 5.92 Å². The molecule has 0 radical (unpaired) electrons. The standard InChI is InChI=1S/C15H26N2/c1-4-13-9-5-6-10-14(13)15(17-16)11-7-8-12(2)3/h5-6,9-10,12,15,17H,4,7-8,11,16H2,1-3H3. The summed E-state index contributed by atoms with van der Waals surface area (Å²) in [5.41, 5.74) is 5.73. The van der Waals surface area contributed by atoms with E-state index in [-0.39, 0.29) is 0 Å². The third-order valence-corrected chi connectivity index (χ3v) is 3.29. The summed E-state index contributed by atoms with van der Waals surface area (Å²) in [5, 5.41) is 0. The number of benzene rings is 1. The van der Waals surface area contributed by atoms with Crippen molar-refractivity contribution in [3.63, 3.8) is 0 Å². The fourth-order valence-electron chi connectivity index (χ4n) is 2.25. The van der Waals surface area contributed by atoms with E-state index in [1.54, 1.807) is 0 Å². The molecule has 0 fully saturated rings. The molecule has 2 heteroatoms. The number of hydrogen-bond acceptors (Lipinski definition) is 2. The highest BCUT2D eigenvalue weighted by atomic mass is 15.2. The largest absolute Gasteiger partial charge is 0.271 e. The SMILES string of the molecule is CCc1ccccc1C(CCCC(C)C)NN. The van der Waals surface area contributed by atoms with Crippen molar-refractivity contribution >= 4 is 0 Å². The van der Waals surface area contributed by atoms with E-state index in [0.717, 1.165) is 18.8 Å². The molecular formula is C15H26N2. The first-order chi connectivity index (χ1) is 8.19. The minimum absolute atomic E-state index is 0.296. The van der Waals surface area contributed by atoms with E-state index in [1.165, 1.54) is 24.0 Å². The summed E-state index contributed by atoms with van der Waals surface area (Å²) >= 11 is 0. The van der Waals surface area contributed by atoms with Crippen LogP contribution in [0.25, 0.3) is 0 Å². The molecule has 0 aliphatic heterocycles. The van der Waals surface area contributed by atoms with E-state index in [2.05, 4.69) is 50.5 Å². The van der Waals surface area contributed by atoms with Crippen molar-refractivity contribution in [3.8, 4) is 0 Å². The van der Waals surface area contributed by atoms with Crippen LogP contribution >= 0.6 is 0 Å². The summed E-state index contributed by atoms with van der Waals surface area (Å²) in [7, 11) is 0. The van der Waals surface area contributed by atoms with Gasteiger partial charge in [0.2, 0.25) is 0 Å². The molecular weight excluding hydrogens is 208 g/mol. The van der Waals surface area contributed by atoms with Crippen LogP contribution in [-0.4, -0.2) is 0 Å². The molecule has 0 aliphatic rings. The van der Waals surface area contributed by atoms with Gasteiger partial charge >= 0.3 is 0 Å². The lowest BCUT2D eigenvalue weighted by molar-refractivity contribution is 0.453. The average molecular weight is 234 g/mol. The molecule has 17 heavy (non-hydrogen) atoms. The number of nitrogens with two attached hydrogens (primary N) is 1. The van der Waals surface area contributed by atoms with E-state index >= 15 is 0 Å². The van der Waals surface area contributed by atoms with Crippen molar-refractivity contribution in [3.05, 3.63) is 35.4 Å². The van der Waals surface area contributed by atoms with Gasteiger partial charge in [-0.2, -0.15) is 0 Å². The highest BCUT2D eigenvalue weighted by Gasteiger charge is 2.12. The molecule has 0 spiro atoms. The van der Waals surface area contributed by atoms with Crippen molar-refractivity contribution in [2.24, 2.45) is 11.8 Å². The summed E-state index contributed by atoms with van der Waals surface area (Å²) < 4.78 is 0. The Balaban J connectivity index is 2.65. The first-order valence-electron chi connectivity index (χ1n) is 6.73. The molecule has 1 atom stereocenters. The first-order valence-corrected chi connectivity index (χ1v) is 6.73. The second-order valence-electron chi connectivity index (χ2n) is 5.10. The van der Waals surface area contributed by atoms with Crippen LogP contribution in [0.15, 0.2) is 24.3 Å². The van der Waals surface area contributed by atoms with Crippen LogP contribution < -0.4 is 11.3 Å². The maximum atomic E-state index is 5.70. The highest BCUT2D eigenvalue weighted by molar-refractivity contribution is 5.29. The molecule has 0 bridgehead atoms. The number of nitrogens with one attached hydrogen (secondary N) is 1. The monoisotopic (exact) mass is 234 g/mol. The van der Waals surface area contributed by atoms with Gasteiger partial charge in [0.05, 0.1) is 0 Å². The molecule has 1 unspecified atom stereocenters. The predicted octanol–water partition coefficient (Wildman–Crippen LogP) is 3.58. The minimum Gasteiger partial charge on any atom is -0.271 e. The number of rotatable bonds is 7. The minimum atomic E-state index is 0.296. The molecule has 1 aromatic carbocycles. The molecule has 0 saturated heterocycles. The van der Waals surface area contributed by atoms with Gasteiger partial charge in [0.1, 0.15) is 0 Å². The Morgan fingerprint density at radius 1 is 1.18 bits per heavy atom. The summed E-state index contributed by atoms with van der Waals surface area (Å²) in [4.78, 5) is 0. The molecule has 1 aromatic rings. The quantitative estimate of drug-likeness (QED) is 0.559. The highest BCUT2D eigenvalue weighted by Crippen LogP contribution is 2.23. The van der Waals surface area contributed by atoms with Gasteiger partial charge in [-0.05, 0) is 29.9 Å². The number of hydrogen-bond donors (Lipinski definition) is 2. The van der Waals surface area contributed by atoms with Crippen LogP contribution in [0.4, 0.5) is 0 Å². The molecule has 0 saturated carbocycles. The zero-order chi connectivity index (χ0) is 12.7. The number of aryl methyl sites for hydroxylation is 1. The Bertz CT molecular complexity index is 320. The van der Waals surface area contributed by atoms with E-state index in [9.17, 15) is 0 Å². The van der Waals surface area contributed by atoms with E-state index in [0.29, 0.717) is 6.04 Å². The molecule has 0 aliphatic carbocycles. The zero-order valence-electron chi connectivity index (χ0n) is 11.4. The van der Waals surface area contributed by atoms with Gasteiger partial charge in [0.25, 0.3) is 0 Å². The third-order valence-electron chi connectivity index (χ3n) is 3.29. The molecule has 0 heterocycles. The van der Waals surface area contributed by atoms with Crippen molar-refractivity contribution < 1.29 is 0 Å². The summed E-state index contributed by atoms with van der Waals surface area (Å²) in [5.74, 6) is 6.47. The van der Waals surface area contributed by atoms with Gasteiger partial charge in [0.15, 0.2) is 0 Å². The molecule has 2 nitrogen and oxygen atoms in total. The van der Waals surface area contributed by atoms with Gasteiger partial charge in [-0.1, -0.05) is 57.9 Å². The Labute approximate surface area is 106 Å². The van der Waals surface area contributed by atoms with Crippen LogP contribution in [-0.2, 0) is 6.42 Å². The normalized spacial score (nSPS) is 13.0. The van der Waals surface area contributed by atoms with Gasteiger partial charge < -0.3 is 0 Å². The average Bonchev–Trinajstić information content (AvgIpc) is 2.34. The fourth-order valence-corrected chi connectivity index (χ4v) is 2.25. The first kappa shape index (κ1) is 14.2. The van der Waals surface area contributed by atoms with E-state index < -0.39 is 0 Å². The Hall–Kier alpha value is -0.860. The van der Waals surface area contributed by atoms with E-state index in [4.69, 9.17) is 5.84 Å². The second kappa shape index (κ2) is 7.46. The molecule has 0 amide bonds. The maximum Gasteiger partial charge on any atom is 0.0462 e. The molecule has 1 rings (SSSR count). The smallest absolute Gasteiger partial charge is 0.0462 e. The third kappa shape index (κ3) is 4.49. The Kier molecular flexibility index (Phi) is 6.23. The van der Waals surface area contributed by atoms with Crippen LogP contribution in [0.2, 0.25) is 0 Å². The van der Waals surface area contributed by atoms with Crippen molar-refractivity contribution in [1.29, 1.82) is 0 Å². The van der Waals surface area contributed by atoms with Gasteiger partial charge in [-0.15, -0.1) is 0 Å². The molecule has 0 aromatic heterocycles. The molecule has 96 valence electrons. The second-order valence-corrected chi connectivity index (χ2v) is 5.10. The molecule has 3 N–H and O–H groups in total. The van der Waals surface area contributed by atoms with Gasteiger partial charge in [-0.25, -0.2) is 0 Å². The van der Waals surface area contributed by atoms with Crippen molar-refractivity contribution in [2.75, 3.05) is 0 Å². The van der Waals surface area contributed by atoms with Crippen molar-refractivity contribution in [2.45, 2.75) is 52.5 Å². The summed E-state index contributed by atoms with van der Waals surface area (Å²) in [6, 6.07) is 8.89. The van der Waals surface area contributed by atoms with Crippen LogP contribution in [0.5, 0.6) is 0 Å². The van der Waals surface area contributed by atoms with E-state index in [1.807, 2.05) is 0 Å². The zero-order valence-corrected chi connectivity index (χ0v) is 11.4. The summed E-state index contributed by atoms with van der Waals surface area (Å²) in [6.07, 6.45) is 4.68. The van der Waals surface area contributed by atoms with Crippen LogP contribution in [0.1, 0.15) is 57.2 Å². The van der Waals surface area contributed by atoms with Crippen LogP contribution in [0.3, 0.4) is 0 Å². The maximum absolute atomic E-state index is 5.70. The predicted molar refractivity (Wildman–Crippen MR) is 74.6 cm³/mol. The van der Waals surface area contributed by atoms with Gasteiger partial charge in [0, 0.05) is 6.04 Å². The van der Waals surface area contributed by atoms with Crippen molar-refractivity contribution in [1.82, 2.24) is 5.43 Å².